The van der Waals surface area contributed by atoms with Gasteiger partial charge in [-0.2, -0.15) is 15.0 Å². The summed E-state index contributed by atoms with van der Waals surface area (Å²) in [5, 5.41) is 29.2. The van der Waals surface area contributed by atoms with Crippen LogP contribution in [0.3, 0.4) is 0 Å². The molecule has 1 aromatic carbocycles. The van der Waals surface area contributed by atoms with E-state index >= 15 is 0 Å². The van der Waals surface area contributed by atoms with E-state index in [1.165, 1.54) is 11.0 Å². The van der Waals surface area contributed by atoms with Crippen molar-refractivity contribution in [2.24, 2.45) is 0 Å². The molecule has 24 heavy (non-hydrogen) atoms. The summed E-state index contributed by atoms with van der Waals surface area (Å²) in [6.07, 6.45) is 0.266. The molecule has 2 amide bonds. The first-order chi connectivity index (χ1) is 11.6. The smallest absolute Gasteiger partial charge is 0.408 e. The van der Waals surface area contributed by atoms with Crippen molar-refractivity contribution < 1.29 is 19.8 Å². The predicted octanol–water partition coefficient (Wildman–Crippen LogP) is -0.182. The Hall–Kier alpha value is -2.94. The maximum Gasteiger partial charge on any atom is 0.408 e. The minimum Gasteiger partial charge on any atom is -0.465 e. The van der Waals surface area contributed by atoms with Gasteiger partial charge in [0.05, 0.1) is 25.4 Å². The molecule has 0 unspecified atom stereocenters. The highest BCUT2D eigenvalue weighted by Crippen LogP contribution is 2.19. The van der Waals surface area contributed by atoms with Crippen molar-refractivity contribution in [2.75, 3.05) is 0 Å². The van der Waals surface area contributed by atoms with Gasteiger partial charge in [-0.25, -0.2) is 4.79 Å². The Labute approximate surface area is 137 Å². The molecule has 9 nitrogen and oxygen atoms in total. The number of amides is 2. The zero-order valence-electron chi connectivity index (χ0n) is 12.7. The van der Waals surface area contributed by atoms with Gasteiger partial charge in [0.25, 0.3) is 0 Å². The van der Waals surface area contributed by atoms with Crippen molar-refractivity contribution in [1.82, 2.24) is 25.2 Å². The molecular formula is C15H17N5O4. The Kier molecular flexibility index (Phi) is 4.43. The minimum absolute atomic E-state index is 0.124. The van der Waals surface area contributed by atoms with Gasteiger partial charge in [0, 0.05) is 6.54 Å². The van der Waals surface area contributed by atoms with Crippen molar-refractivity contribution in [3.8, 4) is 0 Å². The summed E-state index contributed by atoms with van der Waals surface area (Å²) in [4.78, 5) is 26.0. The van der Waals surface area contributed by atoms with Gasteiger partial charge in [-0.1, -0.05) is 30.3 Å². The number of rotatable bonds is 6. The maximum atomic E-state index is 11.9. The largest absolute Gasteiger partial charge is 0.465 e. The molecule has 3 N–H and O–H groups in total. The SMILES string of the molecule is O=C1N[C@H](Cn2ncc(CO)n2)[C@@H]1N(Cc1ccccc1)C(=O)O. The van der Waals surface area contributed by atoms with Gasteiger partial charge in [-0.15, -0.1) is 0 Å². The van der Waals surface area contributed by atoms with Crippen LogP contribution >= 0.6 is 0 Å². The molecule has 126 valence electrons. The molecule has 0 radical (unpaired) electrons. The van der Waals surface area contributed by atoms with Crippen molar-refractivity contribution in [1.29, 1.82) is 0 Å². The van der Waals surface area contributed by atoms with Crippen LogP contribution in [0, 0.1) is 0 Å². The van der Waals surface area contributed by atoms with Crippen LogP contribution in [0.4, 0.5) is 4.79 Å². The first-order valence-electron chi connectivity index (χ1n) is 7.42. The van der Waals surface area contributed by atoms with Gasteiger partial charge < -0.3 is 15.5 Å². The van der Waals surface area contributed by atoms with Crippen LogP contribution < -0.4 is 5.32 Å². The lowest BCUT2D eigenvalue weighted by Gasteiger charge is -2.42. The standard InChI is InChI=1S/C15H17N5O4/c21-9-11-6-16-20(18-11)8-12-13(14(22)17-12)19(15(23)24)7-10-4-2-1-3-5-10/h1-6,12-13,21H,7-9H2,(H,17,22)(H,23,24)/t12-,13+/m1/s1. The van der Waals surface area contributed by atoms with E-state index in [1.807, 2.05) is 30.3 Å². The molecule has 1 fully saturated rings. The first-order valence-corrected chi connectivity index (χ1v) is 7.42. The van der Waals surface area contributed by atoms with Crippen LogP contribution in [0.5, 0.6) is 0 Å². The summed E-state index contributed by atoms with van der Waals surface area (Å²) in [7, 11) is 0. The zero-order valence-corrected chi connectivity index (χ0v) is 12.7. The number of nitrogens with zero attached hydrogens (tertiary/aromatic N) is 4. The highest BCUT2D eigenvalue weighted by Gasteiger charge is 2.46. The number of nitrogens with one attached hydrogen (secondary N) is 1. The van der Waals surface area contributed by atoms with Crippen molar-refractivity contribution in [3.05, 3.63) is 47.8 Å². The van der Waals surface area contributed by atoms with E-state index in [0.717, 1.165) is 10.5 Å². The normalized spacial score (nSPS) is 19.5. The Bertz CT molecular complexity index is 732. The number of carboxylic acid groups (broad SMARTS) is 1. The highest BCUT2D eigenvalue weighted by atomic mass is 16.4. The summed E-state index contributed by atoms with van der Waals surface area (Å²) < 4.78 is 0. The minimum atomic E-state index is -1.16. The third-order valence-electron chi connectivity index (χ3n) is 3.86. The van der Waals surface area contributed by atoms with Gasteiger partial charge >= 0.3 is 6.09 Å². The number of aliphatic hydroxyl groups is 1. The molecule has 1 aliphatic rings. The molecule has 0 spiro atoms. The van der Waals surface area contributed by atoms with Crippen molar-refractivity contribution >= 4 is 12.0 Å². The Balaban J connectivity index is 1.73. The Morgan fingerprint density at radius 1 is 1.33 bits per heavy atom. The first kappa shape index (κ1) is 15.9. The Morgan fingerprint density at radius 3 is 2.67 bits per heavy atom. The number of carbonyl (C=O) groups excluding carboxylic acids is 1. The molecule has 1 saturated heterocycles. The third-order valence-corrected chi connectivity index (χ3v) is 3.86. The monoisotopic (exact) mass is 331 g/mol. The van der Waals surface area contributed by atoms with Crippen LogP contribution in [-0.2, 0) is 24.5 Å². The number of aliphatic hydroxyl groups excluding tert-OH is 1. The molecule has 1 aliphatic heterocycles. The molecule has 0 aliphatic carbocycles. The maximum absolute atomic E-state index is 11.9. The summed E-state index contributed by atoms with van der Waals surface area (Å²) in [6.45, 7) is 0.129. The molecular weight excluding hydrogens is 314 g/mol. The van der Waals surface area contributed by atoms with Crippen LogP contribution in [0.25, 0.3) is 0 Å². The molecule has 0 saturated carbocycles. The number of benzene rings is 1. The predicted molar refractivity (Wildman–Crippen MR) is 81.7 cm³/mol. The third kappa shape index (κ3) is 3.20. The number of hydrogen-bond acceptors (Lipinski definition) is 5. The fourth-order valence-electron chi connectivity index (χ4n) is 2.67. The van der Waals surface area contributed by atoms with Gasteiger partial charge in [-0.05, 0) is 5.56 Å². The highest BCUT2D eigenvalue weighted by molar-refractivity contribution is 5.92. The fourth-order valence-corrected chi connectivity index (χ4v) is 2.67. The average molecular weight is 331 g/mol. The van der Waals surface area contributed by atoms with E-state index in [-0.39, 0.29) is 25.6 Å². The Morgan fingerprint density at radius 2 is 2.08 bits per heavy atom. The van der Waals surface area contributed by atoms with Crippen LogP contribution in [0.1, 0.15) is 11.3 Å². The van der Waals surface area contributed by atoms with Gasteiger partial charge in [0.1, 0.15) is 11.7 Å². The van der Waals surface area contributed by atoms with E-state index in [0.29, 0.717) is 5.69 Å². The number of hydrogen-bond donors (Lipinski definition) is 3. The van der Waals surface area contributed by atoms with E-state index in [9.17, 15) is 14.7 Å². The molecule has 1 aromatic heterocycles. The second-order valence-electron chi connectivity index (χ2n) is 5.50. The van der Waals surface area contributed by atoms with Crippen LogP contribution in [0.2, 0.25) is 0 Å². The van der Waals surface area contributed by atoms with Crippen LogP contribution in [0.15, 0.2) is 36.5 Å². The van der Waals surface area contributed by atoms with E-state index in [4.69, 9.17) is 5.11 Å². The second-order valence-corrected chi connectivity index (χ2v) is 5.50. The van der Waals surface area contributed by atoms with E-state index in [1.54, 1.807) is 0 Å². The van der Waals surface area contributed by atoms with Crippen molar-refractivity contribution in [2.45, 2.75) is 31.8 Å². The molecule has 2 aromatic rings. The molecule has 2 atom stereocenters. The lowest BCUT2D eigenvalue weighted by molar-refractivity contribution is -0.137. The lowest BCUT2D eigenvalue weighted by atomic mass is 9.96. The molecule has 3 rings (SSSR count). The lowest BCUT2D eigenvalue weighted by Crippen LogP contribution is -2.70. The molecule has 0 bridgehead atoms. The quantitative estimate of drug-likeness (QED) is 0.631. The zero-order chi connectivity index (χ0) is 17.1. The number of β-lactam (4-membered cyclic amide) rings is 1. The molecule has 2 heterocycles. The molecule has 9 heteroatoms. The fraction of sp³-hybridized carbons (Fsp3) is 0.333. The summed E-state index contributed by atoms with van der Waals surface area (Å²) >= 11 is 0. The van der Waals surface area contributed by atoms with Gasteiger partial charge in [0.2, 0.25) is 5.91 Å². The van der Waals surface area contributed by atoms with Gasteiger partial charge in [0.15, 0.2) is 0 Å². The second kappa shape index (κ2) is 6.67. The number of aromatic nitrogens is 3. The van der Waals surface area contributed by atoms with E-state index in [2.05, 4.69) is 15.5 Å². The van der Waals surface area contributed by atoms with E-state index < -0.39 is 18.2 Å². The average Bonchev–Trinajstić information content (AvgIpc) is 3.02. The summed E-state index contributed by atoms with van der Waals surface area (Å²) in [5.74, 6) is -0.340. The van der Waals surface area contributed by atoms with Gasteiger partial charge in [-0.3, -0.25) is 9.69 Å². The van der Waals surface area contributed by atoms with Crippen molar-refractivity contribution in [3.63, 3.8) is 0 Å². The summed E-state index contributed by atoms with van der Waals surface area (Å²) in [6, 6.07) is 7.88. The number of carbonyl (C=O) groups is 2. The topological polar surface area (TPSA) is 121 Å². The van der Waals surface area contributed by atoms with Crippen LogP contribution in [-0.4, -0.2) is 54.2 Å². The summed E-state index contributed by atoms with van der Waals surface area (Å²) in [5.41, 5.74) is 1.22.